The average Bonchev–Trinajstić information content (AvgIpc) is 2.27. The van der Waals surface area contributed by atoms with Gasteiger partial charge in [-0.05, 0) is 25.7 Å². The van der Waals surface area contributed by atoms with Gasteiger partial charge in [0.2, 0.25) is 0 Å². The lowest BCUT2D eigenvalue weighted by molar-refractivity contribution is -0.00307. The van der Waals surface area contributed by atoms with Crippen LogP contribution in [0, 0.1) is 0 Å². The van der Waals surface area contributed by atoms with E-state index in [1.54, 1.807) is 0 Å². The maximum Gasteiger partial charge on any atom is 0.330 e. The molecule has 0 atom stereocenters. The van der Waals surface area contributed by atoms with Crippen LogP contribution in [0.25, 0.3) is 0 Å². The zero-order chi connectivity index (χ0) is 14.7. The van der Waals surface area contributed by atoms with E-state index in [2.05, 4.69) is 0 Å². The third kappa shape index (κ3) is 1.58. The first-order valence-corrected chi connectivity index (χ1v) is 8.03. The van der Waals surface area contributed by atoms with Crippen LogP contribution in [0.1, 0.15) is 25.7 Å². The minimum Gasteiger partial charge on any atom is -0.302 e. The quantitative estimate of drug-likeness (QED) is 0.730. The molecule has 0 aromatic carbocycles. The van der Waals surface area contributed by atoms with Crippen molar-refractivity contribution >= 4 is 10.0 Å². The summed E-state index contributed by atoms with van der Waals surface area (Å²) in [6.07, 6.45) is 4.73. The Morgan fingerprint density at radius 1 is 1.15 bits per heavy atom. The molecule has 7 nitrogen and oxygen atoms in total. The van der Waals surface area contributed by atoms with Crippen molar-refractivity contribution < 1.29 is 8.42 Å². The third-order valence-corrected chi connectivity index (χ3v) is 6.56. The predicted molar refractivity (Wildman–Crippen MR) is 72.0 cm³/mol. The Morgan fingerprint density at radius 2 is 1.80 bits per heavy atom. The van der Waals surface area contributed by atoms with Gasteiger partial charge in [-0.2, -0.15) is 4.31 Å². The maximum atomic E-state index is 12.7. The highest BCUT2D eigenvalue weighted by Gasteiger charge is 2.55. The van der Waals surface area contributed by atoms with E-state index in [1.807, 2.05) is 0 Å². The normalized spacial score (nSPS) is 21.5. The Balaban J connectivity index is 2.14. The average molecular weight is 299 g/mol. The van der Waals surface area contributed by atoms with Crippen LogP contribution >= 0.6 is 0 Å². The highest BCUT2D eigenvalue weighted by atomic mass is 32.2. The van der Waals surface area contributed by atoms with E-state index in [4.69, 9.17) is 0 Å². The van der Waals surface area contributed by atoms with E-state index in [-0.39, 0.29) is 10.4 Å². The molecule has 0 amide bonds. The first-order valence-electron chi connectivity index (χ1n) is 6.59. The second-order valence-electron chi connectivity index (χ2n) is 5.66. The van der Waals surface area contributed by atoms with Crippen molar-refractivity contribution in [3.8, 4) is 0 Å². The van der Waals surface area contributed by atoms with Crippen molar-refractivity contribution in [1.82, 2.24) is 13.4 Å². The van der Waals surface area contributed by atoms with Crippen LogP contribution in [0.15, 0.2) is 20.7 Å². The minimum atomic E-state index is -3.82. The Labute approximate surface area is 116 Å². The summed E-state index contributed by atoms with van der Waals surface area (Å²) in [6, 6.07) is 0. The molecule has 20 heavy (non-hydrogen) atoms. The number of hydrogen-bond donors (Lipinski definition) is 0. The molecular formula is C12H17N3O4S. The van der Waals surface area contributed by atoms with Gasteiger partial charge < -0.3 is 4.57 Å². The van der Waals surface area contributed by atoms with Crippen LogP contribution in [0.5, 0.6) is 0 Å². The van der Waals surface area contributed by atoms with Crippen LogP contribution in [0.4, 0.5) is 0 Å². The molecule has 1 aromatic heterocycles. The summed E-state index contributed by atoms with van der Waals surface area (Å²) in [4.78, 5) is 23.4. The van der Waals surface area contributed by atoms with Crippen LogP contribution in [0.2, 0.25) is 0 Å². The molecule has 2 aliphatic rings. The fourth-order valence-corrected chi connectivity index (χ4v) is 5.05. The molecule has 3 rings (SSSR count). The Kier molecular flexibility index (Phi) is 2.74. The Bertz CT molecular complexity index is 780. The molecule has 2 heterocycles. The summed E-state index contributed by atoms with van der Waals surface area (Å²) in [5.41, 5.74) is -1.55. The summed E-state index contributed by atoms with van der Waals surface area (Å²) >= 11 is 0. The molecule has 0 bridgehead atoms. The topological polar surface area (TPSA) is 81.4 Å². The highest BCUT2D eigenvalue weighted by molar-refractivity contribution is 7.89. The molecule has 1 saturated carbocycles. The fraction of sp³-hybridized carbons (Fsp3) is 0.667. The Hall–Kier alpha value is -1.41. The smallest absolute Gasteiger partial charge is 0.302 e. The summed E-state index contributed by atoms with van der Waals surface area (Å²) in [6.45, 7) is 0.453. The van der Waals surface area contributed by atoms with Crippen LogP contribution in [-0.2, 0) is 24.1 Å². The van der Waals surface area contributed by atoms with Gasteiger partial charge >= 0.3 is 5.69 Å². The van der Waals surface area contributed by atoms with Gasteiger partial charge in [-0.3, -0.25) is 9.36 Å². The van der Waals surface area contributed by atoms with Gasteiger partial charge in [0.25, 0.3) is 15.6 Å². The third-order valence-electron chi connectivity index (χ3n) is 4.58. The van der Waals surface area contributed by atoms with Crippen molar-refractivity contribution in [2.45, 2.75) is 36.1 Å². The molecule has 0 unspecified atom stereocenters. The van der Waals surface area contributed by atoms with Crippen molar-refractivity contribution in [3.05, 3.63) is 27.0 Å². The number of aromatic nitrogens is 2. The van der Waals surface area contributed by atoms with Crippen LogP contribution in [-0.4, -0.2) is 33.9 Å². The number of rotatable bonds is 2. The molecule has 1 aromatic rings. The van der Waals surface area contributed by atoms with Gasteiger partial charge in [-0.1, -0.05) is 0 Å². The standard InChI is InChI=1S/C12H17N3O4S/c1-13-8-9(10(16)14(2)11(13)17)20(18,19)15-7-6-12(15)4-3-5-12/h8H,3-7H2,1-2H3. The molecule has 1 spiro atoms. The molecular weight excluding hydrogens is 282 g/mol. The van der Waals surface area contributed by atoms with Crippen molar-refractivity contribution in [2.75, 3.05) is 6.54 Å². The number of sulfonamides is 1. The first-order chi connectivity index (χ1) is 9.29. The van der Waals surface area contributed by atoms with E-state index in [0.717, 1.165) is 41.0 Å². The predicted octanol–water partition coefficient (Wildman–Crippen LogP) is -0.599. The molecule has 8 heteroatoms. The van der Waals surface area contributed by atoms with Gasteiger partial charge in [0.05, 0.1) is 0 Å². The van der Waals surface area contributed by atoms with E-state index in [1.165, 1.54) is 18.4 Å². The number of hydrogen-bond acceptors (Lipinski definition) is 4. The van der Waals surface area contributed by atoms with E-state index >= 15 is 0 Å². The zero-order valence-corrected chi connectivity index (χ0v) is 12.3. The summed E-state index contributed by atoms with van der Waals surface area (Å²) in [5.74, 6) is 0. The lowest BCUT2D eigenvalue weighted by Crippen LogP contribution is -2.65. The van der Waals surface area contributed by atoms with Gasteiger partial charge in [0.15, 0.2) is 4.90 Å². The minimum absolute atomic E-state index is 0.265. The van der Waals surface area contributed by atoms with E-state index in [0.29, 0.717) is 6.54 Å². The molecule has 0 N–H and O–H groups in total. The maximum absolute atomic E-state index is 12.7. The fourth-order valence-electron chi connectivity index (χ4n) is 3.05. The van der Waals surface area contributed by atoms with E-state index < -0.39 is 21.3 Å². The lowest BCUT2D eigenvalue weighted by Gasteiger charge is -2.57. The zero-order valence-electron chi connectivity index (χ0n) is 11.5. The van der Waals surface area contributed by atoms with Crippen LogP contribution < -0.4 is 11.2 Å². The molecule has 1 aliphatic carbocycles. The van der Waals surface area contributed by atoms with Crippen molar-refractivity contribution in [1.29, 1.82) is 0 Å². The van der Waals surface area contributed by atoms with Crippen LogP contribution in [0.3, 0.4) is 0 Å². The lowest BCUT2D eigenvalue weighted by atomic mass is 9.70. The first kappa shape index (κ1) is 13.6. The number of aryl methyl sites for hydroxylation is 1. The molecule has 2 fully saturated rings. The monoisotopic (exact) mass is 299 g/mol. The van der Waals surface area contributed by atoms with Crippen molar-refractivity contribution in [2.24, 2.45) is 14.1 Å². The largest absolute Gasteiger partial charge is 0.330 e. The van der Waals surface area contributed by atoms with Gasteiger partial charge in [-0.25, -0.2) is 13.2 Å². The van der Waals surface area contributed by atoms with Gasteiger partial charge in [0.1, 0.15) is 0 Å². The number of nitrogens with zero attached hydrogens (tertiary/aromatic N) is 3. The molecule has 110 valence electrons. The van der Waals surface area contributed by atoms with Crippen molar-refractivity contribution in [3.63, 3.8) is 0 Å². The summed E-state index contributed by atoms with van der Waals surface area (Å²) < 4.78 is 28.7. The van der Waals surface area contributed by atoms with Gasteiger partial charge in [-0.15, -0.1) is 0 Å². The summed E-state index contributed by atoms with van der Waals surface area (Å²) in [7, 11) is -1.09. The molecule has 1 aliphatic heterocycles. The molecule has 1 saturated heterocycles. The Morgan fingerprint density at radius 3 is 2.25 bits per heavy atom. The SMILES string of the molecule is Cn1cc(S(=O)(=O)N2CCC23CCC3)c(=O)n(C)c1=O. The highest BCUT2D eigenvalue weighted by Crippen LogP contribution is 2.49. The summed E-state index contributed by atoms with van der Waals surface area (Å²) in [5, 5.41) is 0. The molecule has 0 radical (unpaired) electrons. The van der Waals surface area contributed by atoms with Gasteiger partial charge in [0, 0.05) is 32.4 Å². The van der Waals surface area contributed by atoms with E-state index in [9.17, 15) is 18.0 Å². The second-order valence-corrected chi connectivity index (χ2v) is 7.49. The second kappa shape index (κ2) is 4.05.